The summed E-state index contributed by atoms with van der Waals surface area (Å²) in [5.74, 6) is -0.894. The fourth-order valence-electron chi connectivity index (χ4n) is 9.40. The van der Waals surface area contributed by atoms with Crippen LogP contribution in [-0.2, 0) is 28.6 Å². The van der Waals surface area contributed by atoms with Crippen LogP contribution in [0.1, 0.15) is 329 Å². The Morgan fingerprint density at radius 1 is 0.273 bits per heavy atom. The van der Waals surface area contributed by atoms with Gasteiger partial charge in [-0.3, -0.25) is 14.4 Å². The van der Waals surface area contributed by atoms with E-state index in [0.29, 0.717) is 19.3 Å². The van der Waals surface area contributed by atoms with E-state index in [0.717, 1.165) is 122 Å². The molecule has 6 heteroatoms. The Kier molecular flexibility index (Phi) is 62.2. The van der Waals surface area contributed by atoms with E-state index in [1.807, 2.05) is 0 Å². The van der Waals surface area contributed by atoms with Gasteiger partial charge in [-0.2, -0.15) is 0 Å². The molecule has 0 radical (unpaired) electrons. The van der Waals surface area contributed by atoms with Crippen molar-refractivity contribution >= 4 is 17.9 Å². The summed E-state index contributed by atoms with van der Waals surface area (Å²) < 4.78 is 16.9. The van der Waals surface area contributed by atoms with E-state index in [9.17, 15) is 14.4 Å². The molecule has 0 heterocycles. The Hall–Kier alpha value is -3.41. The molecule has 6 nitrogen and oxygen atoms in total. The van der Waals surface area contributed by atoms with E-state index < -0.39 is 6.10 Å². The molecule has 0 aliphatic carbocycles. The van der Waals surface area contributed by atoms with Gasteiger partial charge < -0.3 is 14.2 Å². The van der Waals surface area contributed by atoms with Crippen molar-refractivity contribution in [3.63, 3.8) is 0 Å². The topological polar surface area (TPSA) is 78.9 Å². The molecule has 0 saturated carbocycles. The van der Waals surface area contributed by atoms with Crippen LogP contribution in [0.4, 0.5) is 0 Å². The molecule has 0 fully saturated rings. The van der Waals surface area contributed by atoms with Gasteiger partial charge in [0, 0.05) is 19.3 Å². The molecule has 0 aliphatic heterocycles. The summed E-state index contributed by atoms with van der Waals surface area (Å²) in [6, 6.07) is 0. The predicted octanol–water partition coefficient (Wildman–Crippen LogP) is 22.7. The molecule has 0 aromatic carbocycles. The van der Waals surface area contributed by atoms with E-state index in [1.54, 1.807) is 0 Å². The third-order valence-corrected chi connectivity index (χ3v) is 14.3. The highest BCUT2D eigenvalue weighted by molar-refractivity contribution is 5.71. The normalized spacial score (nSPS) is 12.6. The predicted molar refractivity (Wildman–Crippen MR) is 334 cm³/mol. The number of hydrogen-bond acceptors (Lipinski definition) is 6. The fourth-order valence-corrected chi connectivity index (χ4v) is 9.40. The van der Waals surface area contributed by atoms with E-state index in [4.69, 9.17) is 14.2 Å². The molecule has 0 saturated heterocycles. The van der Waals surface area contributed by atoms with E-state index in [-0.39, 0.29) is 31.1 Å². The van der Waals surface area contributed by atoms with Crippen LogP contribution >= 0.6 is 0 Å². The second-order valence-corrected chi connectivity index (χ2v) is 22.0. The minimum absolute atomic E-state index is 0.0809. The quantitative estimate of drug-likeness (QED) is 0.0261. The number of carbonyl (C=O) groups is 3. The van der Waals surface area contributed by atoms with Crippen molar-refractivity contribution in [2.24, 2.45) is 0 Å². The van der Waals surface area contributed by atoms with Gasteiger partial charge >= 0.3 is 17.9 Å². The first-order valence-corrected chi connectivity index (χ1v) is 33.1. The van der Waals surface area contributed by atoms with Gasteiger partial charge in [-0.05, 0) is 103 Å². The van der Waals surface area contributed by atoms with E-state index in [1.165, 1.54) is 167 Å². The molecule has 0 N–H and O–H groups in total. The number of allylic oxidation sites excluding steroid dienone is 14. The maximum Gasteiger partial charge on any atom is 0.306 e. The standard InChI is InChI=1S/C71H124O6/c1-4-7-10-13-16-19-22-24-26-27-28-29-30-31-32-33-34-35-36-37-38-39-40-41-42-43-44-45-46-48-49-52-55-58-61-64-70(73)76-67-68(66-75-69(72)63-60-57-54-51-21-18-15-12-9-6-3)77-71(74)65-62-59-56-53-50-47-25-23-20-17-14-11-8-5-2/h7,10,12,14-17,19,23-26,28-29,68H,4-6,8-9,11,13,18,20-22,27,30-67H2,1-3H3/b10-7-,15-12-,17-14-,19-16-,25-23-,26-24-,29-28-. The van der Waals surface area contributed by atoms with Gasteiger partial charge in [0.15, 0.2) is 6.10 Å². The number of ether oxygens (including phenoxy) is 3. The van der Waals surface area contributed by atoms with Crippen molar-refractivity contribution in [3.05, 3.63) is 85.1 Å². The van der Waals surface area contributed by atoms with Crippen LogP contribution in [0.15, 0.2) is 85.1 Å². The summed E-state index contributed by atoms with van der Waals surface area (Å²) in [5, 5.41) is 0. The van der Waals surface area contributed by atoms with Crippen molar-refractivity contribution < 1.29 is 28.6 Å². The lowest BCUT2D eigenvalue weighted by molar-refractivity contribution is -0.167. The number of unbranched alkanes of at least 4 members (excludes halogenated alkanes) is 35. The lowest BCUT2D eigenvalue weighted by Gasteiger charge is -2.18. The maximum absolute atomic E-state index is 12.8. The summed E-state index contributed by atoms with van der Waals surface area (Å²) in [4.78, 5) is 38.1. The molecule has 1 atom stereocenters. The molecular weight excluding hydrogens is 949 g/mol. The third kappa shape index (κ3) is 63.3. The van der Waals surface area contributed by atoms with Gasteiger partial charge in [0.25, 0.3) is 0 Å². The molecule has 0 aliphatic rings. The lowest BCUT2D eigenvalue weighted by atomic mass is 10.0. The number of rotatable bonds is 60. The minimum atomic E-state index is -0.784. The van der Waals surface area contributed by atoms with E-state index >= 15 is 0 Å². The number of carbonyl (C=O) groups excluding carboxylic acids is 3. The molecular formula is C71H124O6. The number of hydrogen-bond donors (Lipinski definition) is 0. The van der Waals surface area contributed by atoms with Gasteiger partial charge in [-0.15, -0.1) is 0 Å². The monoisotopic (exact) mass is 1070 g/mol. The van der Waals surface area contributed by atoms with Gasteiger partial charge in [0.2, 0.25) is 0 Å². The van der Waals surface area contributed by atoms with Crippen LogP contribution < -0.4 is 0 Å². The fraction of sp³-hybridized carbons (Fsp3) is 0.761. The van der Waals surface area contributed by atoms with Crippen LogP contribution in [0.3, 0.4) is 0 Å². The maximum atomic E-state index is 12.8. The van der Waals surface area contributed by atoms with Crippen LogP contribution in [0.5, 0.6) is 0 Å². The van der Waals surface area contributed by atoms with Gasteiger partial charge in [0.05, 0.1) is 0 Å². The Morgan fingerprint density at radius 3 is 0.857 bits per heavy atom. The highest BCUT2D eigenvalue weighted by Crippen LogP contribution is 2.17. The number of esters is 3. The van der Waals surface area contributed by atoms with Crippen molar-refractivity contribution in [2.45, 2.75) is 335 Å². The van der Waals surface area contributed by atoms with Crippen LogP contribution in [0.25, 0.3) is 0 Å². The van der Waals surface area contributed by atoms with Crippen LogP contribution in [0, 0.1) is 0 Å². The van der Waals surface area contributed by atoms with Gasteiger partial charge in [0.1, 0.15) is 13.2 Å². The molecule has 444 valence electrons. The van der Waals surface area contributed by atoms with Crippen LogP contribution in [-0.4, -0.2) is 37.2 Å². The largest absolute Gasteiger partial charge is 0.462 e. The van der Waals surface area contributed by atoms with Crippen molar-refractivity contribution in [1.82, 2.24) is 0 Å². The molecule has 1 unspecified atom stereocenters. The molecule has 0 aromatic rings. The molecule has 0 spiro atoms. The van der Waals surface area contributed by atoms with E-state index in [2.05, 4.69) is 106 Å². The van der Waals surface area contributed by atoms with Gasteiger partial charge in [-0.1, -0.05) is 292 Å². The third-order valence-electron chi connectivity index (χ3n) is 14.3. The van der Waals surface area contributed by atoms with Crippen molar-refractivity contribution in [1.29, 1.82) is 0 Å². The molecule has 0 aromatic heterocycles. The zero-order valence-corrected chi connectivity index (χ0v) is 51.0. The average molecular weight is 1070 g/mol. The highest BCUT2D eigenvalue weighted by Gasteiger charge is 2.19. The Labute approximate surface area is 477 Å². The smallest absolute Gasteiger partial charge is 0.306 e. The second kappa shape index (κ2) is 65.1. The molecule has 0 bridgehead atoms. The summed E-state index contributed by atoms with van der Waals surface area (Å²) in [6.45, 7) is 6.43. The first kappa shape index (κ1) is 73.6. The molecule has 0 amide bonds. The summed E-state index contributed by atoms with van der Waals surface area (Å²) in [7, 11) is 0. The highest BCUT2D eigenvalue weighted by atomic mass is 16.6. The Morgan fingerprint density at radius 2 is 0.532 bits per heavy atom. The zero-order valence-electron chi connectivity index (χ0n) is 51.0. The van der Waals surface area contributed by atoms with Crippen molar-refractivity contribution in [2.75, 3.05) is 13.2 Å². The van der Waals surface area contributed by atoms with Gasteiger partial charge in [-0.25, -0.2) is 0 Å². The molecule has 0 rings (SSSR count). The first-order chi connectivity index (χ1) is 38.0. The average Bonchev–Trinajstić information content (AvgIpc) is 3.43. The minimum Gasteiger partial charge on any atom is -0.462 e. The summed E-state index contributed by atoms with van der Waals surface area (Å²) in [5.41, 5.74) is 0. The SMILES string of the molecule is CC/C=C\C/C=C\C/C=C\C/C=C\CCCCCCCCCCCCCCCCCCCCCCCCC(=O)OCC(COC(=O)CCCCCCC/C=C\CCC)OC(=O)CCCCCCC/C=C\C/C=C\CCCC. The lowest BCUT2D eigenvalue weighted by Crippen LogP contribution is -2.30. The Balaban J connectivity index is 4.02. The summed E-state index contributed by atoms with van der Waals surface area (Å²) in [6.07, 6.45) is 86.3. The first-order valence-electron chi connectivity index (χ1n) is 33.1. The zero-order chi connectivity index (χ0) is 55.7. The Bertz CT molecular complexity index is 1470. The molecule has 77 heavy (non-hydrogen) atoms. The second-order valence-electron chi connectivity index (χ2n) is 22.0. The van der Waals surface area contributed by atoms with Crippen molar-refractivity contribution in [3.8, 4) is 0 Å². The van der Waals surface area contributed by atoms with Crippen LogP contribution in [0.2, 0.25) is 0 Å². The summed E-state index contributed by atoms with van der Waals surface area (Å²) >= 11 is 0.